The number of allylic oxidation sites excluding steroid dienone is 1. The summed E-state index contributed by atoms with van der Waals surface area (Å²) in [6.45, 7) is 2.30. The number of H-pyrrole nitrogens is 1. The lowest BCUT2D eigenvalue weighted by atomic mass is 10.1. The fraction of sp³-hybridized carbons (Fsp3) is 0.333. The fourth-order valence-electron chi connectivity index (χ4n) is 4.91. The molecule has 43 heavy (non-hydrogen) atoms. The molecule has 4 N–H and O–H groups in total. The third-order valence-corrected chi connectivity index (χ3v) is 7.30. The molecule has 226 valence electrons. The number of carbonyl (C=O) groups is 3. The van der Waals surface area contributed by atoms with Crippen LogP contribution in [-0.4, -0.2) is 47.2 Å². The lowest BCUT2D eigenvalue weighted by molar-refractivity contribution is -0.116. The molecule has 2 atom stereocenters. The number of ether oxygens (including phenoxy) is 2. The number of aromatic nitrogens is 2. The van der Waals surface area contributed by atoms with Crippen molar-refractivity contribution in [2.75, 3.05) is 23.8 Å². The largest absolute Gasteiger partial charge is 0.447 e. The van der Waals surface area contributed by atoms with Gasteiger partial charge in [0.2, 0.25) is 5.91 Å². The van der Waals surface area contributed by atoms with Crippen LogP contribution in [0.25, 0.3) is 11.3 Å². The van der Waals surface area contributed by atoms with Crippen molar-refractivity contribution in [2.45, 2.75) is 51.2 Å². The number of anilines is 2. The normalized spacial score (nSPS) is 19.2. The van der Waals surface area contributed by atoms with Gasteiger partial charge >= 0.3 is 6.09 Å². The lowest BCUT2D eigenvalue weighted by Crippen LogP contribution is -2.30. The van der Waals surface area contributed by atoms with E-state index in [1.54, 1.807) is 30.4 Å². The molecule has 13 heteroatoms. The number of rotatable bonds is 5. The molecule has 2 aliphatic rings. The van der Waals surface area contributed by atoms with Gasteiger partial charge < -0.3 is 25.1 Å². The van der Waals surface area contributed by atoms with Crippen LogP contribution < -0.4 is 16.0 Å². The van der Waals surface area contributed by atoms with Crippen LogP contribution in [0, 0.1) is 18.6 Å². The summed E-state index contributed by atoms with van der Waals surface area (Å²) in [5, 5.41) is 8.25. The highest BCUT2D eigenvalue weighted by Gasteiger charge is 2.26. The molecule has 5 rings (SSSR count). The molecule has 1 saturated heterocycles. The van der Waals surface area contributed by atoms with E-state index in [0.29, 0.717) is 35.5 Å². The van der Waals surface area contributed by atoms with E-state index in [9.17, 15) is 23.2 Å². The molecule has 0 spiro atoms. The maximum absolute atomic E-state index is 14.5. The first kappa shape index (κ1) is 30.2. The van der Waals surface area contributed by atoms with Crippen molar-refractivity contribution >= 4 is 40.9 Å². The zero-order valence-electron chi connectivity index (χ0n) is 23.3. The molecule has 0 radical (unpaired) electrons. The Hall–Kier alpha value is -4.29. The van der Waals surface area contributed by atoms with E-state index < -0.39 is 35.2 Å². The highest BCUT2D eigenvalue weighted by atomic mass is 35.5. The number of imidazole rings is 1. The van der Waals surface area contributed by atoms with E-state index in [1.807, 2.05) is 0 Å². The Labute approximate surface area is 251 Å². The van der Waals surface area contributed by atoms with Crippen LogP contribution in [0.3, 0.4) is 0 Å². The Morgan fingerprint density at radius 2 is 1.98 bits per heavy atom. The maximum atomic E-state index is 14.5. The van der Waals surface area contributed by atoms with Gasteiger partial charge in [-0.25, -0.2) is 18.6 Å². The van der Waals surface area contributed by atoms with Gasteiger partial charge in [-0.05, 0) is 68.5 Å². The SMILES string of the molecule is Cc1cc(F)c(C(=O)NC2C/C=C/CCC(=O)Nc3cc(NC(=O)OCC4CCCO4)ccc3-c3nc2[nH]c3Cl)c(F)c1. The van der Waals surface area contributed by atoms with E-state index in [2.05, 4.69) is 25.9 Å². The number of halogens is 3. The predicted octanol–water partition coefficient (Wildman–Crippen LogP) is 6.19. The molecule has 3 heterocycles. The summed E-state index contributed by atoms with van der Waals surface area (Å²) in [7, 11) is 0. The minimum absolute atomic E-state index is 0.107. The van der Waals surface area contributed by atoms with Gasteiger partial charge in [0, 0.05) is 24.3 Å². The second kappa shape index (κ2) is 13.3. The van der Waals surface area contributed by atoms with Gasteiger partial charge in [-0.3, -0.25) is 14.9 Å². The number of hydrogen-bond acceptors (Lipinski definition) is 6. The average Bonchev–Trinajstić information content (AvgIpc) is 3.60. The summed E-state index contributed by atoms with van der Waals surface area (Å²) in [5.74, 6) is -2.96. The van der Waals surface area contributed by atoms with E-state index in [0.717, 1.165) is 25.0 Å². The van der Waals surface area contributed by atoms with Crippen LogP contribution in [0.5, 0.6) is 0 Å². The summed E-state index contributed by atoms with van der Waals surface area (Å²) in [5.41, 5.74) is 1.02. The molecule has 0 aliphatic carbocycles. The quantitative estimate of drug-likeness (QED) is 0.253. The molecule has 2 aromatic carbocycles. The lowest BCUT2D eigenvalue weighted by Gasteiger charge is -2.16. The minimum Gasteiger partial charge on any atom is -0.447 e. The number of aryl methyl sites for hydroxylation is 1. The zero-order valence-corrected chi connectivity index (χ0v) is 24.0. The molecular formula is C30H30ClF2N5O5. The highest BCUT2D eigenvalue weighted by molar-refractivity contribution is 6.32. The van der Waals surface area contributed by atoms with Crippen molar-refractivity contribution in [1.82, 2.24) is 15.3 Å². The van der Waals surface area contributed by atoms with Crippen LogP contribution in [0.4, 0.5) is 25.0 Å². The first-order valence-corrected chi connectivity index (χ1v) is 14.2. The Balaban J connectivity index is 1.42. The molecule has 3 amide bonds. The average molecular weight is 614 g/mol. The molecule has 10 nitrogen and oxygen atoms in total. The van der Waals surface area contributed by atoms with Crippen molar-refractivity contribution in [3.8, 4) is 11.3 Å². The number of carbonyl (C=O) groups excluding carboxylic acids is 3. The van der Waals surface area contributed by atoms with Gasteiger partial charge in [-0.2, -0.15) is 0 Å². The summed E-state index contributed by atoms with van der Waals surface area (Å²) >= 11 is 6.55. The predicted molar refractivity (Wildman–Crippen MR) is 156 cm³/mol. The highest BCUT2D eigenvalue weighted by Crippen LogP contribution is 2.36. The van der Waals surface area contributed by atoms with Crippen LogP contribution in [-0.2, 0) is 14.3 Å². The van der Waals surface area contributed by atoms with E-state index in [4.69, 9.17) is 21.1 Å². The van der Waals surface area contributed by atoms with Gasteiger partial charge in [0.1, 0.15) is 40.5 Å². The van der Waals surface area contributed by atoms with E-state index >= 15 is 0 Å². The number of aromatic amines is 1. The third kappa shape index (κ3) is 7.38. The first-order chi connectivity index (χ1) is 20.7. The van der Waals surface area contributed by atoms with Crippen LogP contribution >= 0.6 is 11.6 Å². The summed E-state index contributed by atoms with van der Waals surface area (Å²) in [6.07, 6.45) is 5.19. The van der Waals surface area contributed by atoms with Crippen molar-refractivity contribution in [3.05, 3.63) is 76.2 Å². The van der Waals surface area contributed by atoms with Gasteiger partial charge in [-0.15, -0.1) is 0 Å². The van der Waals surface area contributed by atoms with Gasteiger partial charge in [0.15, 0.2) is 0 Å². The summed E-state index contributed by atoms with van der Waals surface area (Å²) in [4.78, 5) is 45.7. The number of benzene rings is 2. The molecule has 1 fully saturated rings. The van der Waals surface area contributed by atoms with Gasteiger partial charge in [-0.1, -0.05) is 23.8 Å². The topological polar surface area (TPSA) is 134 Å². The molecule has 2 bridgehead atoms. The number of fused-ring (bicyclic) bond motifs is 4. The number of amides is 3. The third-order valence-electron chi connectivity index (χ3n) is 7.02. The fourth-order valence-corrected chi connectivity index (χ4v) is 5.15. The molecule has 0 saturated carbocycles. The summed E-state index contributed by atoms with van der Waals surface area (Å²) in [6, 6.07) is 6.12. The van der Waals surface area contributed by atoms with Crippen molar-refractivity contribution < 1.29 is 32.6 Å². The van der Waals surface area contributed by atoms with Crippen LogP contribution in [0.1, 0.15) is 59.9 Å². The van der Waals surface area contributed by atoms with Crippen molar-refractivity contribution in [1.29, 1.82) is 0 Å². The Kier molecular flexibility index (Phi) is 9.37. The van der Waals surface area contributed by atoms with E-state index in [-0.39, 0.29) is 48.1 Å². The monoisotopic (exact) mass is 613 g/mol. The van der Waals surface area contributed by atoms with Crippen LogP contribution in [0.2, 0.25) is 5.15 Å². The Morgan fingerprint density at radius 3 is 2.72 bits per heavy atom. The second-order valence-corrected chi connectivity index (χ2v) is 10.7. The first-order valence-electron chi connectivity index (χ1n) is 13.8. The standard InChI is InChI=1S/C30H30ClF2N5O5/c1-16-12-20(32)25(21(33)13-16)29(40)36-22-7-3-2-4-8-24(39)35-23-14-17(34-30(41)43-15-18-6-5-11-42-18)9-10-19(23)26-27(31)38-28(22)37-26/h2-3,9-10,12-14,18,22H,4-8,11,15H2,1H3,(H,34,41)(H,35,39)(H,36,40)(H,37,38)/b3-2+. The number of hydrogen-bond donors (Lipinski definition) is 4. The Bertz CT molecular complexity index is 1550. The van der Waals surface area contributed by atoms with E-state index in [1.165, 1.54) is 6.92 Å². The van der Waals surface area contributed by atoms with Crippen LogP contribution in [0.15, 0.2) is 42.5 Å². The van der Waals surface area contributed by atoms with Gasteiger partial charge in [0.25, 0.3) is 5.91 Å². The smallest absolute Gasteiger partial charge is 0.411 e. The number of nitrogens with one attached hydrogen (secondary N) is 4. The molecular weight excluding hydrogens is 584 g/mol. The summed E-state index contributed by atoms with van der Waals surface area (Å²) < 4.78 is 39.8. The molecule has 1 aromatic heterocycles. The van der Waals surface area contributed by atoms with Crippen molar-refractivity contribution in [2.24, 2.45) is 0 Å². The maximum Gasteiger partial charge on any atom is 0.411 e. The molecule has 3 aromatic rings. The molecule has 2 unspecified atom stereocenters. The molecule has 2 aliphatic heterocycles. The zero-order chi connectivity index (χ0) is 30.5. The Morgan fingerprint density at radius 1 is 1.19 bits per heavy atom. The minimum atomic E-state index is -0.980. The number of nitrogens with zero attached hydrogens (tertiary/aromatic N) is 1. The van der Waals surface area contributed by atoms with Crippen molar-refractivity contribution in [3.63, 3.8) is 0 Å². The van der Waals surface area contributed by atoms with Gasteiger partial charge in [0.05, 0.1) is 17.8 Å². The second-order valence-electron chi connectivity index (χ2n) is 10.3.